The number of benzene rings is 1. The monoisotopic (exact) mass is 348 g/mol. The summed E-state index contributed by atoms with van der Waals surface area (Å²) >= 11 is 0. The summed E-state index contributed by atoms with van der Waals surface area (Å²) in [6.45, 7) is 1.57. The molecule has 7 heteroatoms. The quantitative estimate of drug-likeness (QED) is 0.803. The summed E-state index contributed by atoms with van der Waals surface area (Å²) in [5, 5.41) is 3.80. The predicted octanol–water partition coefficient (Wildman–Crippen LogP) is 2.78. The third-order valence-corrected chi connectivity index (χ3v) is 4.16. The number of aromatic nitrogens is 1. The molecule has 2 aromatic rings. The number of piperidine rings is 1. The zero-order valence-corrected chi connectivity index (χ0v) is 14.1. The molecule has 1 fully saturated rings. The van der Waals surface area contributed by atoms with Crippen molar-refractivity contribution >= 4 is 5.91 Å². The molecule has 1 amide bonds. The number of carbonyl (C=O) groups excluding carboxylic acids is 1. The minimum atomic E-state index is -0.278. The maximum absolute atomic E-state index is 13.7. The molecule has 1 saturated heterocycles. The number of carbonyl (C=O) groups is 1. The standard InChI is InChI=1S/C18H21FN2O4/c1-23-12-15-9-17(20-25-15)18(22)21-8-4-6-14(10-21)24-11-13-5-2-3-7-16(13)19/h2-3,5,7,9,14H,4,6,8,10-12H2,1H3/t14-/m0/s1. The predicted molar refractivity (Wildman–Crippen MR) is 87.3 cm³/mol. The normalized spacial score (nSPS) is 17.7. The topological polar surface area (TPSA) is 64.8 Å². The molecule has 0 aliphatic carbocycles. The van der Waals surface area contributed by atoms with Crippen molar-refractivity contribution in [3.05, 3.63) is 53.2 Å². The molecule has 0 unspecified atom stereocenters. The molecule has 25 heavy (non-hydrogen) atoms. The summed E-state index contributed by atoms with van der Waals surface area (Å²) in [5.41, 5.74) is 0.786. The molecule has 0 N–H and O–H groups in total. The minimum absolute atomic E-state index is 0.123. The molecule has 0 radical (unpaired) electrons. The lowest BCUT2D eigenvalue weighted by molar-refractivity contribution is -0.00788. The van der Waals surface area contributed by atoms with Gasteiger partial charge in [-0.25, -0.2) is 4.39 Å². The van der Waals surface area contributed by atoms with Crippen molar-refractivity contribution in [2.24, 2.45) is 0 Å². The highest BCUT2D eigenvalue weighted by Gasteiger charge is 2.27. The van der Waals surface area contributed by atoms with Crippen LogP contribution in [-0.2, 0) is 22.7 Å². The van der Waals surface area contributed by atoms with Gasteiger partial charge in [0.2, 0.25) is 0 Å². The largest absolute Gasteiger partial charge is 0.377 e. The molecule has 134 valence electrons. The van der Waals surface area contributed by atoms with Gasteiger partial charge in [0.1, 0.15) is 12.4 Å². The molecule has 0 saturated carbocycles. The van der Waals surface area contributed by atoms with E-state index < -0.39 is 0 Å². The number of halogens is 1. The van der Waals surface area contributed by atoms with Crippen LogP contribution in [-0.4, -0.2) is 42.3 Å². The van der Waals surface area contributed by atoms with Crippen LogP contribution in [0.3, 0.4) is 0 Å². The summed E-state index contributed by atoms with van der Waals surface area (Å²) in [5.74, 6) is 0.0417. The second-order valence-electron chi connectivity index (χ2n) is 6.03. The maximum atomic E-state index is 13.7. The van der Waals surface area contributed by atoms with Crippen LogP contribution < -0.4 is 0 Å². The highest BCUT2D eigenvalue weighted by molar-refractivity contribution is 5.92. The van der Waals surface area contributed by atoms with Crippen LogP contribution in [0.15, 0.2) is 34.9 Å². The molecule has 2 heterocycles. The van der Waals surface area contributed by atoms with Crippen LogP contribution >= 0.6 is 0 Å². The van der Waals surface area contributed by atoms with E-state index in [1.54, 1.807) is 36.3 Å². The fourth-order valence-corrected chi connectivity index (χ4v) is 2.87. The molecule has 1 aromatic heterocycles. The van der Waals surface area contributed by atoms with E-state index >= 15 is 0 Å². The number of likely N-dealkylation sites (tertiary alicyclic amines) is 1. The van der Waals surface area contributed by atoms with Gasteiger partial charge in [-0.1, -0.05) is 23.4 Å². The van der Waals surface area contributed by atoms with Crippen molar-refractivity contribution in [2.45, 2.75) is 32.2 Å². The summed E-state index contributed by atoms with van der Waals surface area (Å²) in [6.07, 6.45) is 1.55. The Hall–Kier alpha value is -2.25. The molecule has 1 aromatic carbocycles. The van der Waals surface area contributed by atoms with Gasteiger partial charge in [0, 0.05) is 31.8 Å². The number of amides is 1. The van der Waals surface area contributed by atoms with E-state index in [0.717, 1.165) is 12.8 Å². The lowest BCUT2D eigenvalue weighted by atomic mass is 10.1. The second kappa shape index (κ2) is 8.22. The van der Waals surface area contributed by atoms with Crippen molar-refractivity contribution in [2.75, 3.05) is 20.2 Å². The third kappa shape index (κ3) is 4.43. The number of methoxy groups -OCH3 is 1. The van der Waals surface area contributed by atoms with Gasteiger partial charge < -0.3 is 18.9 Å². The van der Waals surface area contributed by atoms with Crippen molar-refractivity contribution < 1.29 is 23.2 Å². The Morgan fingerprint density at radius 1 is 1.40 bits per heavy atom. The number of nitrogens with zero attached hydrogens (tertiary/aromatic N) is 2. The molecule has 3 rings (SSSR count). The van der Waals surface area contributed by atoms with Gasteiger partial charge in [-0.3, -0.25) is 4.79 Å². The molecule has 0 spiro atoms. The number of hydrogen-bond acceptors (Lipinski definition) is 5. The molecular weight excluding hydrogens is 327 g/mol. The third-order valence-electron chi connectivity index (χ3n) is 4.16. The molecule has 1 aliphatic rings. The van der Waals surface area contributed by atoms with Crippen LogP contribution in [0, 0.1) is 5.82 Å². The zero-order chi connectivity index (χ0) is 17.6. The van der Waals surface area contributed by atoms with E-state index in [2.05, 4.69) is 5.16 Å². The summed E-state index contributed by atoms with van der Waals surface area (Å²) in [6, 6.07) is 8.14. The van der Waals surface area contributed by atoms with Crippen molar-refractivity contribution in [3.8, 4) is 0 Å². The van der Waals surface area contributed by atoms with Crippen LogP contribution in [0.25, 0.3) is 0 Å². The van der Waals surface area contributed by atoms with Gasteiger partial charge in [-0.15, -0.1) is 0 Å². The Morgan fingerprint density at radius 2 is 2.24 bits per heavy atom. The first-order valence-corrected chi connectivity index (χ1v) is 8.26. The second-order valence-corrected chi connectivity index (χ2v) is 6.03. The summed E-state index contributed by atoms with van der Waals surface area (Å²) in [7, 11) is 1.55. The first kappa shape index (κ1) is 17.6. The van der Waals surface area contributed by atoms with Gasteiger partial charge in [-0.05, 0) is 18.9 Å². The minimum Gasteiger partial charge on any atom is -0.377 e. The number of hydrogen-bond donors (Lipinski definition) is 0. The molecule has 0 bridgehead atoms. The molecular formula is C18H21FN2O4. The smallest absolute Gasteiger partial charge is 0.276 e. The lowest BCUT2D eigenvalue weighted by Gasteiger charge is -2.32. The van der Waals surface area contributed by atoms with Crippen molar-refractivity contribution in [1.82, 2.24) is 10.1 Å². The number of rotatable bonds is 6. The number of ether oxygens (including phenoxy) is 2. The summed E-state index contributed by atoms with van der Waals surface area (Å²) < 4.78 is 29.5. The Bertz CT molecular complexity index is 719. The first-order chi connectivity index (χ1) is 12.2. The zero-order valence-electron chi connectivity index (χ0n) is 14.1. The Balaban J connectivity index is 1.56. The van der Waals surface area contributed by atoms with Crippen molar-refractivity contribution in [1.29, 1.82) is 0 Å². The van der Waals surface area contributed by atoms with E-state index in [-0.39, 0.29) is 36.7 Å². The van der Waals surface area contributed by atoms with Crippen molar-refractivity contribution in [3.63, 3.8) is 0 Å². The van der Waals surface area contributed by atoms with E-state index in [1.807, 2.05) is 0 Å². The Morgan fingerprint density at radius 3 is 3.04 bits per heavy atom. The highest BCUT2D eigenvalue weighted by atomic mass is 19.1. The van der Waals surface area contributed by atoms with E-state index in [1.165, 1.54) is 6.07 Å². The van der Waals surface area contributed by atoms with Crippen LogP contribution in [0.4, 0.5) is 4.39 Å². The summed E-state index contributed by atoms with van der Waals surface area (Å²) in [4.78, 5) is 14.2. The van der Waals surface area contributed by atoms with Crippen LogP contribution in [0.2, 0.25) is 0 Å². The van der Waals surface area contributed by atoms with Gasteiger partial charge in [0.25, 0.3) is 5.91 Å². The lowest BCUT2D eigenvalue weighted by Crippen LogP contribution is -2.43. The maximum Gasteiger partial charge on any atom is 0.276 e. The SMILES string of the molecule is COCc1cc(C(=O)N2CCC[C@H](OCc3ccccc3F)C2)no1. The Labute approximate surface area is 145 Å². The molecule has 1 aliphatic heterocycles. The highest BCUT2D eigenvalue weighted by Crippen LogP contribution is 2.18. The molecule has 6 nitrogen and oxygen atoms in total. The van der Waals surface area contributed by atoms with Gasteiger partial charge in [-0.2, -0.15) is 0 Å². The van der Waals surface area contributed by atoms with E-state index in [9.17, 15) is 9.18 Å². The van der Waals surface area contributed by atoms with Crippen LogP contribution in [0.1, 0.15) is 34.7 Å². The Kier molecular flexibility index (Phi) is 5.78. The fourth-order valence-electron chi connectivity index (χ4n) is 2.87. The molecule has 1 atom stereocenters. The van der Waals surface area contributed by atoms with E-state index in [4.69, 9.17) is 14.0 Å². The van der Waals surface area contributed by atoms with Crippen LogP contribution in [0.5, 0.6) is 0 Å². The van der Waals surface area contributed by atoms with Gasteiger partial charge >= 0.3 is 0 Å². The van der Waals surface area contributed by atoms with Gasteiger partial charge in [0.05, 0.1) is 12.7 Å². The average Bonchev–Trinajstić information content (AvgIpc) is 3.10. The van der Waals surface area contributed by atoms with Gasteiger partial charge in [0.15, 0.2) is 11.5 Å². The average molecular weight is 348 g/mol. The fraction of sp³-hybridized carbons (Fsp3) is 0.444. The first-order valence-electron chi connectivity index (χ1n) is 8.26. The van der Waals surface area contributed by atoms with E-state index in [0.29, 0.717) is 24.4 Å².